The normalized spacial score (nSPS) is 10.9. The van der Waals surface area contributed by atoms with Crippen molar-refractivity contribution in [2.75, 3.05) is 17.6 Å². The number of pyridine rings is 3. The van der Waals surface area contributed by atoms with E-state index in [0.717, 1.165) is 23.6 Å². The van der Waals surface area contributed by atoms with Crippen LogP contribution >= 0.6 is 0 Å². The number of nitrogens with one attached hydrogen (secondary N) is 1. The first-order valence-electron chi connectivity index (χ1n) is 8.03. The zero-order chi connectivity index (χ0) is 17.2. The van der Waals surface area contributed by atoms with Gasteiger partial charge in [-0.15, -0.1) is 5.10 Å². The Morgan fingerprint density at radius 1 is 1.04 bits per heavy atom. The van der Waals surface area contributed by atoms with Gasteiger partial charge in [-0.1, -0.05) is 12.1 Å². The van der Waals surface area contributed by atoms with Crippen molar-refractivity contribution >= 4 is 17.3 Å². The van der Waals surface area contributed by atoms with Gasteiger partial charge >= 0.3 is 0 Å². The third kappa shape index (κ3) is 2.87. The number of anilines is 2. The highest BCUT2D eigenvalue weighted by Crippen LogP contribution is 2.24. The van der Waals surface area contributed by atoms with Crippen molar-refractivity contribution < 1.29 is 0 Å². The number of hydrogen-bond donors (Lipinski definition) is 2. The van der Waals surface area contributed by atoms with E-state index in [1.54, 1.807) is 10.7 Å². The molecule has 0 aliphatic carbocycles. The quantitative estimate of drug-likeness (QED) is 0.597. The Kier molecular flexibility index (Phi) is 3.74. The maximum absolute atomic E-state index is 6.18. The Balaban J connectivity index is 1.80. The second kappa shape index (κ2) is 6.20. The molecule has 0 aromatic carbocycles. The van der Waals surface area contributed by atoms with Gasteiger partial charge in [0.2, 0.25) is 5.82 Å². The van der Waals surface area contributed by atoms with Crippen LogP contribution in [0.2, 0.25) is 0 Å². The van der Waals surface area contributed by atoms with Gasteiger partial charge in [-0.05, 0) is 43.3 Å². The number of nitrogen functional groups attached to an aromatic ring is 1. The Morgan fingerprint density at radius 2 is 1.92 bits per heavy atom. The Hall–Kier alpha value is -3.48. The van der Waals surface area contributed by atoms with Crippen molar-refractivity contribution in [3.63, 3.8) is 0 Å². The molecule has 7 heteroatoms. The second-order valence-electron chi connectivity index (χ2n) is 5.53. The van der Waals surface area contributed by atoms with Crippen LogP contribution in [-0.2, 0) is 0 Å². The fourth-order valence-electron chi connectivity index (χ4n) is 2.64. The number of rotatable bonds is 4. The van der Waals surface area contributed by atoms with Gasteiger partial charge in [0.1, 0.15) is 17.3 Å². The molecular formula is C18H17N7. The lowest BCUT2D eigenvalue weighted by molar-refractivity contribution is 0.974. The van der Waals surface area contributed by atoms with Crippen molar-refractivity contribution in [1.82, 2.24) is 24.6 Å². The molecule has 3 N–H and O–H groups in total. The summed E-state index contributed by atoms with van der Waals surface area (Å²) >= 11 is 0. The number of nitrogens with zero attached hydrogens (tertiary/aromatic N) is 5. The summed E-state index contributed by atoms with van der Waals surface area (Å²) in [4.78, 5) is 13.5. The van der Waals surface area contributed by atoms with E-state index in [1.165, 1.54) is 0 Å². The Morgan fingerprint density at radius 3 is 2.72 bits per heavy atom. The highest BCUT2D eigenvalue weighted by atomic mass is 15.3. The van der Waals surface area contributed by atoms with E-state index in [4.69, 9.17) is 5.73 Å². The van der Waals surface area contributed by atoms with Crippen LogP contribution in [0, 0.1) is 0 Å². The van der Waals surface area contributed by atoms with Gasteiger partial charge in [0, 0.05) is 18.3 Å². The third-order valence-electron chi connectivity index (χ3n) is 3.76. The summed E-state index contributed by atoms with van der Waals surface area (Å²) < 4.78 is 1.61. The molecule has 0 unspecified atom stereocenters. The van der Waals surface area contributed by atoms with Gasteiger partial charge in [-0.3, -0.25) is 4.98 Å². The number of hydrogen-bond acceptors (Lipinski definition) is 6. The van der Waals surface area contributed by atoms with Crippen LogP contribution in [0.1, 0.15) is 6.92 Å². The van der Waals surface area contributed by atoms with E-state index in [1.807, 2.05) is 55.5 Å². The average molecular weight is 331 g/mol. The first-order chi connectivity index (χ1) is 12.2. The van der Waals surface area contributed by atoms with Crippen LogP contribution in [0.15, 0.2) is 54.7 Å². The molecule has 0 radical (unpaired) electrons. The van der Waals surface area contributed by atoms with Gasteiger partial charge in [-0.2, -0.15) is 4.52 Å². The van der Waals surface area contributed by atoms with Gasteiger partial charge < -0.3 is 11.1 Å². The molecule has 0 saturated carbocycles. The van der Waals surface area contributed by atoms with Gasteiger partial charge in [0.25, 0.3) is 0 Å². The predicted octanol–water partition coefficient (Wildman–Crippen LogP) is 2.87. The van der Waals surface area contributed by atoms with Crippen LogP contribution in [-0.4, -0.2) is 31.1 Å². The molecular weight excluding hydrogens is 314 g/mol. The molecule has 0 bridgehead atoms. The van der Waals surface area contributed by atoms with E-state index in [0.29, 0.717) is 23.0 Å². The number of nitrogens with two attached hydrogens (primary N) is 1. The van der Waals surface area contributed by atoms with Gasteiger partial charge in [0.05, 0.1) is 5.69 Å². The summed E-state index contributed by atoms with van der Waals surface area (Å²) in [7, 11) is 0. The summed E-state index contributed by atoms with van der Waals surface area (Å²) in [6.07, 6.45) is 1.71. The Labute approximate surface area is 144 Å². The third-order valence-corrected chi connectivity index (χ3v) is 3.76. The molecule has 4 rings (SSSR count). The second-order valence-corrected chi connectivity index (χ2v) is 5.53. The van der Waals surface area contributed by atoms with E-state index in [9.17, 15) is 0 Å². The molecule has 4 aromatic heterocycles. The van der Waals surface area contributed by atoms with E-state index < -0.39 is 0 Å². The lowest BCUT2D eigenvalue weighted by atomic mass is 10.1. The summed E-state index contributed by atoms with van der Waals surface area (Å²) in [6, 6.07) is 15.2. The molecule has 7 nitrogen and oxygen atoms in total. The lowest BCUT2D eigenvalue weighted by Crippen LogP contribution is -2.01. The molecule has 4 heterocycles. The first-order valence-corrected chi connectivity index (χ1v) is 8.03. The minimum atomic E-state index is 0.498. The van der Waals surface area contributed by atoms with Crippen LogP contribution < -0.4 is 11.1 Å². The van der Waals surface area contributed by atoms with Gasteiger partial charge in [-0.25, -0.2) is 9.97 Å². The van der Waals surface area contributed by atoms with E-state index >= 15 is 0 Å². The summed E-state index contributed by atoms with van der Waals surface area (Å²) in [5.74, 6) is 1.87. The Bertz CT molecular complexity index is 1020. The van der Waals surface area contributed by atoms with E-state index in [2.05, 4.69) is 25.4 Å². The largest absolute Gasteiger partial charge is 0.384 e. The minimum absolute atomic E-state index is 0.498. The van der Waals surface area contributed by atoms with Crippen molar-refractivity contribution in [3.8, 4) is 22.8 Å². The van der Waals surface area contributed by atoms with Crippen molar-refractivity contribution in [2.45, 2.75) is 6.92 Å². The average Bonchev–Trinajstić information content (AvgIpc) is 3.08. The van der Waals surface area contributed by atoms with Crippen molar-refractivity contribution in [3.05, 3.63) is 54.7 Å². The summed E-state index contributed by atoms with van der Waals surface area (Å²) in [5.41, 5.74) is 9.27. The summed E-state index contributed by atoms with van der Waals surface area (Å²) in [5, 5.41) is 7.66. The summed E-state index contributed by atoms with van der Waals surface area (Å²) in [6.45, 7) is 2.85. The highest BCUT2D eigenvalue weighted by molar-refractivity contribution is 5.70. The molecule has 124 valence electrons. The SMILES string of the molecule is CCNc1cccc(-c2cc(N)n3nc(-c4ccccn4)nc3c2)n1. The van der Waals surface area contributed by atoms with Crippen LogP contribution in [0.25, 0.3) is 28.4 Å². The smallest absolute Gasteiger partial charge is 0.200 e. The monoisotopic (exact) mass is 331 g/mol. The zero-order valence-corrected chi connectivity index (χ0v) is 13.7. The van der Waals surface area contributed by atoms with Gasteiger partial charge in [0.15, 0.2) is 5.65 Å². The molecule has 0 aliphatic rings. The maximum atomic E-state index is 6.18. The topological polar surface area (TPSA) is 94.0 Å². The van der Waals surface area contributed by atoms with Crippen LogP contribution in [0.4, 0.5) is 11.6 Å². The molecule has 4 aromatic rings. The van der Waals surface area contributed by atoms with E-state index in [-0.39, 0.29) is 0 Å². The molecule has 0 fully saturated rings. The highest BCUT2D eigenvalue weighted by Gasteiger charge is 2.12. The maximum Gasteiger partial charge on any atom is 0.200 e. The predicted molar refractivity (Wildman–Crippen MR) is 98.0 cm³/mol. The molecule has 0 amide bonds. The van der Waals surface area contributed by atoms with Crippen molar-refractivity contribution in [1.29, 1.82) is 0 Å². The molecule has 0 aliphatic heterocycles. The zero-order valence-electron chi connectivity index (χ0n) is 13.7. The lowest BCUT2D eigenvalue weighted by Gasteiger charge is -2.07. The molecule has 0 atom stereocenters. The molecule has 0 saturated heterocycles. The number of fused-ring (bicyclic) bond motifs is 1. The fraction of sp³-hybridized carbons (Fsp3) is 0.111. The number of aromatic nitrogens is 5. The fourth-order valence-corrected chi connectivity index (χ4v) is 2.64. The van der Waals surface area contributed by atoms with Crippen LogP contribution in [0.5, 0.6) is 0 Å². The minimum Gasteiger partial charge on any atom is -0.384 e. The molecule has 25 heavy (non-hydrogen) atoms. The van der Waals surface area contributed by atoms with Crippen LogP contribution in [0.3, 0.4) is 0 Å². The molecule has 0 spiro atoms. The first kappa shape index (κ1) is 15.1. The standard InChI is InChI=1S/C18H17N7/c1-2-20-16-8-5-7-13(22-16)12-10-15(19)25-17(11-12)23-18(24-25)14-6-3-4-9-21-14/h3-11H,2,19H2,1H3,(H,20,22). The van der Waals surface area contributed by atoms with Crippen molar-refractivity contribution in [2.24, 2.45) is 0 Å².